The van der Waals surface area contributed by atoms with Crippen molar-refractivity contribution in [2.24, 2.45) is 0 Å². The van der Waals surface area contributed by atoms with E-state index in [-0.39, 0.29) is 29.3 Å². The molecule has 0 bridgehead atoms. The highest BCUT2D eigenvalue weighted by molar-refractivity contribution is 9.10. The van der Waals surface area contributed by atoms with Crippen LogP contribution >= 0.6 is 27.7 Å². The topological polar surface area (TPSA) is 105 Å². The highest BCUT2D eigenvalue weighted by Gasteiger charge is 2.53. The van der Waals surface area contributed by atoms with E-state index >= 15 is 0 Å². The number of fused-ring (bicyclic) bond motifs is 1. The van der Waals surface area contributed by atoms with E-state index in [0.717, 1.165) is 15.9 Å². The number of amides is 2. The molecule has 1 aromatic heterocycles. The highest BCUT2D eigenvalue weighted by Crippen LogP contribution is 2.40. The molecule has 0 saturated carbocycles. The number of halogens is 1. The maximum atomic E-state index is 12.3. The Balaban J connectivity index is 1.60. The lowest BCUT2D eigenvalue weighted by Gasteiger charge is -2.49. The van der Waals surface area contributed by atoms with Crippen molar-refractivity contribution in [1.29, 1.82) is 0 Å². The summed E-state index contributed by atoms with van der Waals surface area (Å²) in [4.78, 5) is 37.3. The number of carboxylic acid groups (broad SMARTS) is 1. The fourth-order valence-electron chi connectivity index (χ4n) is 3.12. The second-order valence-electron chi connectivity index (χ2n) is 6.35. The van der Waals surface area contributed by atoms with Crippen molar-refractivity contribution in [1.82, 2.24) is 20.0 Å². The van der Waals surface area contributed by atoms with Gasteiger partial charge in [-0.3, -0.25) is 19.2 Å². The van der Waals surface area contributed by atoms with Crippen molar-refractivity contribution < 1.29 is 19.5 Å². The molecule has 2 aliphatic rings. The van der Waals surface area contributed by atoms with Crippen LogP contribution in [0.25, 0.3) is 0 Å². The van der Waals surface area contributed by atoms with Crippen LogP contribution < -0.4 is 5.32 Å². The number of β-lactam (4-membered cyclic amide) rings is 1. The van der Waals surface area contributed by atoms with E-state index in [2.05, 4.69) is 26.3 Å². The van der Waals surface area contributed by atoms with E-state index in [1.54, 1.807) is 11.6 Å². The average Bonchev–Trinajstić information content (AvgIpc) is 2.84. The monoisotopic (exact) mass is 442 g/mol. The molecule has 0 spiro atoms. The first-order valence-electron chi connectivity index (χ1n) is 8.09. The number of nitrogens with zero attached hydrogens (tertiary/aromatic N) is 3. The predicted octanol–water partition coefficient (Wildman–Crippen LogP) is 1.41. The van der Waals surface area contributed by atoms with Crippen LogP contribution in [-0.4, -0.2) is 54.7 Å². The van der Waals surface area contributed by atoms with Crippen molar-refractivity contribution >= 4 is 45.5 Å². The lowest BCUT2D eigenvalue weighted by Crippen LogP contribution is -2.70. The highest BCUT2D eigenvalue weighted by atomic mass is 79.9. The van der Waals surface area contributed by atoms with Crippen molar-refractivity contribution in [2.75, 3.05) is 5.75 Å². The van der Waals surface area contributed by atoms with Crippen molar-refractivity contribution in [3.05, 3.63) is 27.1 Å². The zero-order chi connectivity index (χ0) is 19.2. The van der Waals surface area contributed by atoms with Gasteiger partial charge >= 0.3 is 5.97 Å². The average molecular weight is 443 g/mol. The summed E-state index contributed by atoms with van der Waals surface area (Å²) in [5, 5.41) is 16.0. The summed E-state index contributed by atoms with van der Waals surface area (Å²) in [6, 6.07) is -0.679. The third-order valence-corrected chi connectivity index (χ3v) is 7.09. The Morgan fingerprint density at radius 2 is 2.08 bits per heavy atom. The van der Waals surface area contributed by atoms with Gasteiger partial charge in [0.15, 0.2) is 0 Å². The Bertz CT molecular complexity index is 834. The summed E-state index contributed by atoms with van der Waals surface area (Å²) in [5.41, 5.74) is 2.49. The van der Waals surface area contributed by atoms with Gasteiger partial charge in [0.2, 0.25) is 5.91 Å². The van der Waals surface area contributed by atoms with Crippen molar-refractivity contribution in [2.45, 2.75) is 45.2 Å². The SMILES string of the molecule is CC1=C(C(=O)O)N2C(=O)[C@@H](NC(=O)CCn3nc(C)c(Br)c3C)[C@H]2SC1. The lowest BCUT2D eigenvalue weighted by atomic mass is 10.0. The predicted molar refractivity (Wildman–Crippen MR) is 99.4 cm³/mol. The smallest absolute Gasteiger partial charge is 0.352 e. The van der Waals surface area contributed by atoms with Gasteiger partial charge in [-0.2, -0.15) is 5.10 Å². The zero-order valence-electron chi connectivity index (χ0n) is 14.6. The second-order valence-corrected chi connectivity index (χ2v) is 8.25. The molecule has 0 aromatic carbocycles. The Labute approximate surface area is 163 Å². The summed E-state index contributed by atoms with van der Waals surface area (Å²) in [6.45, 7) is 5.91. The van der Waals surface area contributed by atoms with Crippen LogP contribution in [0.4, 0.5) is 0 Å². The summed E-state index contributed by atoms with van der Waals surface area (Å²) >= 11 is 4.91. The summed E-state index contributed by atoms with van der Waals surface area (Å²) in [7, 11) is 0. The number of hydrogen-bond donors (Lipinski definition) is 2. The van der Waals surface area contributed by atoms with E-state index in [1.807, 2.05) is 13.8 Å². The molecule has 2 aliphatic heterocycles. The number of rotatable bonds is 5. The number of carbonyl (C=O) groups is 3. The molecule has 3 rings (SSSR count). The summed E-state index contributed by atoms with van der Waals surface area (Å²) in [6.07, 6.45) is 0.191. The maximum absolute atomic E-state index is 12.3. The molecule has 0 aliphatic carbocycles. The van der Waals surface area contributed by atoms with Crippen LogP contribution in [-0.2, 0) is 20.9 Å². The number of aliphatic carboxylic acids is 1. The molecule has 2 amide bonds. The minimum Gasteiger partial charge on any atom is -0.477 e. The van der Waals surface area contributed by atoms with E-state index < -0.39 is 12.0 Å². The molecule has 1 fully saturated rings. The number of nitrogens with one attached hydrogen (secondary N) is 1. The molecule has 2 N–H and O–H groups in total. The minimum absolute atomic E-state index is 0.0386. The van der Waals surface area contributed by atoms with Gasteiger partial charge in [-0.1, -0.05) is 0 Å². The van der Waals surface area contributed by atoms with E-state index in [1.165, 1.54) is 16.7 Å². The van der Waals surface area contributed by atoms with Crippen molar-refractivity contribution in [3.63, 3.8) is 0 Å². The van der Waals surface area contributed by atoms with E-state index in [0.29, 0.717) is 17.9 Å². The Hall–Kier alpha value is -1.81. The van der Waals surface area contributed by atoms with Gasteiger partial charge in [0.25, 0.3) is 5.91 Å². The molecular weight excluding hydrogens is 424 g/mol. The molecule has 0 radical (unpaired) electrons. The van der Waals surface area contributed by atoms with Crippen LogP contribution in [0.1, 0.15) is 24.7 Å². The molecule has 140 valence electrons. The standard InChI is InChI=1S/C16H19BrN4O4S/c1-7-6-26-15-12(14(23)21(15)13(7)16(24)25)18-10(22)4-5-20-9(3)11(17)8(2)19-20/h12,15H,4-6H2,1-3H3,(H,18,22)(H,24,25)/t12-,15-/m1/s1. The molecule has 26 heavy (non-hydrogen) atoms. The third kappa shape index (κ3) is 3.16. The largest absolute Gasteiger partial charge is 0.477 e. The van der Waals surface area contributed by atoms with Gasteiger partial charge < -0.3 is 10.4 Å². The maximum Gasteiger partial charge on any atom is 0.352 e. The normalized spacial score (nSPS) is 22.2. The van der Waals surface area contributed by atoms with E-state index in [9.17, 15) is 19.5 Å². The van der Waals surface area contributed by atoms with Gasteiger partial charge in [-0.15, -0.1) is 11.8 Å². The van der Waals surface area contributed by atoms with Crippen LogP contribution in [0.5, 0.6) is 0 Å². The quantitative estimate of drug-likeness (QED) is 0.667. The first-order chi connectivity index (χ1) is 12.2. The molecule has 1 aromatic rings. The van der Waals surface area contributed by atoms with Crippen LogP contribution in [0.15, 0.2) is 15.7 Å². The minimum atomic E-state index is -1.11. The molecule has 3 heterocycles. The van der Waals surface area contributed by atoms with Gasteiger partial charge in [0.05, 0.1) is 16.7 Å². The van der Waals surface area contributed by atoms with Crippen LogP contribution in [0, 0.1) is 13.8 Å². The first-order valence-corrected chi connectivity index (χ1v) is 9.93. The number of thioether (sulfide) groups is 1. The zero-order valence-corrected chi connectivity index (χ0v) is 17.0. The van der Waals surface area contributed by atoms with Crippen LogP contribution in [0.2, 0.25) is 0 Å². The van der Waals surface area contributed by atoms with Gasteiger partial charge in [0, 0.05) is 17.9 Å². The van der Waals surface area contributed by atoms with Crippen molar-refractivity contribution in [3.8, 4) is 0 Å². The molecule has 2 atom stereocenters. The van der Waals surface area contributed by atoms with Gasteiger partial charge in [-0.25, -0.2) is 4.79 Å². The summed E-state index contributed by atoms with van der Waals surface area (Å²) < 4.78 is 2.67. The first kappa shape index (κ1) is 19.0. The lowest BCUT2D eigenvalue weighted by molar-refractivity contribution is -0.150. The Morgan fingerprint density at radius 3 is 2.65 bits per heavy atom. The Morgan fingerprint density at radius 1 is 1.38 bits per heavy atom. The number of hydrogen-bond acceptors (Lipinski definition) is 5. The fourth-order valence-corrected chi connectivity index (χ4v) is 4.70. The molecule has 0 unspecified atom stereocenters. The Kier molecular flexibility index (Phi) is 5.16. The molecule has 10 heteroatoms. The number of carbonyl (C=O) groups excluding carboxylic acids is 2. The summed E-state index contributed by atoms with van der Waals surface area (Å²) in [5.74, 6) is -1.21. The van der Waals surface area contributed by atoms with E-state index in [4.69, 9.17) is 0 Å². The van der Waals surface area contributed by atoms with Gasteiger partial charge in [0.1, 0.15) is 17.1 Å². The third-order valence-electron chi connectivity index (χ3n) is 4.52. The molecular formula is C16H19BrN4O4S. The van der Waals surface area contributed by atoms with Gasteiger partial charge in [-0.05, 0) is 42.3 Å². The number of carboxylic acids is 1. The number of aryl methyl sites for hydroxylation is 2. The second kappa shape index (κ2) is 7.07. The number of aromatic nitrogens is 2. The van der Waals surface area contributed by atoms with Crippen LogP contribution in [0.3, 0.4) is 0 Å². The molecule has 8 nitrogen and oxygen atoms in total. The fraction of sp³-hybridized carbons (Fsp3) is 0.500. The molecule has 1 saturated heterocycles.